The van der Waals surface area contributed by atoms with Gasteiger partial charge in [-0.2, -0.15) is 13.2 Å². The number of ketones is 1. The minimum atomic E-state index is -4.49. The second-order valence-corrected chi connectivity index (χ2v) is 6.06. The lowest BCUT2D eigenvalue weighted by atomic mass is 10.1. The minimum Gasteiger partial charge on any atom is -0.382 e. The molecule has 0 aliphatic heterocycles. The topological polar surface area (TPSA) is 68.0 Å². The number of nitrogens with two attached hydrogens (primary N) is 1. The van der Waals surface area contributed by atoms with E-state index in [2.05, 4.69) is 10.3 Å². The third-order valence-corrected chi connectivity index (χ3v) is 4.22. The highest BCUT2D eigenvalue weighted by Crippen LogP contribution is 2.33. The molecule has 0 radical (unpaired) electrons. The molecule has 1 aromatic carbocycles. The van der Waals surface area contributed by atoms with Crippen LogP contribution in [0.5, 0.6) is 0 Å². The Hall–Kier alpha value is -2.09. The number of carbonyl (C=O) groups excluding carboxylic acids is 1. The molecule has 1 aliphatic rings. The van der Waals surface area contributed by atoms with Crippen LogP contribution >= 0.6 is 11.3 Å². The van der Waals surface area contributed by atoms with Crippen LogP contribution in [-0.4, -0.2) is 16.8 Å². The number of rotatable bonds is 4. The largest absolute Gasteiger partial charge is 0.416 e. The zero-order valence-corrected chi connectivity index (χ0v) is 12.1. The van der Waals surface area contributed by atoms with E-state index in [4.69, 9.17) is 5.73 Å². The van der Waals surface area contributed by atoms with Gasteiger partial charge in [-0.05, 0) is 25.0 Å². The molecule has 3 rings (SSSR count). The number of nitrogens with one attached hydrogen (secondary N) is 1. The van der Waals surface area contributed by atoms with E-state index in [1.807, 2.05) is 0 Å². The number of nitrogen functional groups attached to an aromatic ring is 1. The summed E-state index contributed by atoms with van der Waals surface area (Å²) in [7, 11) is 0. The van der Waals surface area contributed by atoms with Gasteiger partial charge in [-0.15, -0.1) is 0 Å². The molecule has 0 spiro atoms. The van der Waals surface area contributed by atoms with Crippen molar-refractivity contribution in [2.24, 2.45) is 0 Å². The van der Waals surface area contributed by atoms with E-state index in [1.54, 1.807) is 0 Å². The number of alkyl halides is 3. The molecular formula is C14H12F3N3OS. The highest BCUT2D eigenvalue weighted by atomic mass is 32.1. The SMILES string of the molecule is Nc1nc(NC2CC2)sc1C(=O)c1cccc(C(F)(F)F)c1. The molecule has 0 atom stereocenters. The number of halogens is 3. The summed E-state index contributed by atoms with van der Waals surface area (Å²) >= 11 is 1.07. The highest BCUT2D eigenvalue weighted by molar-refractivity contribution is 7.18. The Labute approximate surface area is 128 Å². The van der Waals surface area contributed by atoms with Crippen LogP contribution in [0.1, 0.15) is 33.6 Å². The van der Waals surface area contributed by atoms with Crippen LogP contribution in [0.4, 0.5) is 24.1 Å². The van der Waals surface area contributed by atoms with Crippen LogP contribution in [0, 0.1) is 0 Å². The Kier molecular flexibility index (Phi) is 3.56. The maximum atomic E-state index is 12.7. The summed E-state index contributed by atoms with van der Waals surface area (Å²) in [5.41, 5.74) is 4.80. The van der Waals surface area contributed by atoms with Gasteiger partial charge >= 0.3 is 6.18 Å². The average molecular weight is 327 g/mol. The predicted molar refractivity (Wildman–Crippen MR) is 78.0 cm³/mol. The van der Waals surface area contributed by atoms with Crippen LogP contribution in [0.25, 0.3) is 0 Å². The molecule has 0 bridgehead atoms. The quantitative estimate of drug-likeness (QED) is 0.843. The van der Waals surface area contributed by atoms with Gasteiger partial charge in [0.1, 0.15) is 10.7 Å². The number of anilines is 2. The summed E-state index contributed by atoms with van der Waals surface area (Å²) in [6, 6.07) is 4.64. The van der Waals surface area contributed by atoms with Crippen LogP contribution < -0.4 is 11.1 Å². The first kappa shape index (κ1) is 14.8. The van der Waals surface area contributed by atoms with Crippen molar-refractivity contribution in [2.75, 3.05) is 11.1 Å². The first-order valence-corrected chi connectivity index (χ1v) is 7.41. The van der Waals surface area contributed by atoms with Crippen LogP contribution in [-0.2, 0) is 6.18 Å². The van der Waals surface area contributed by atoms with E-state index in [9.17, 15) is 18.0 Å². The summed E-state index contributed by atoms with van der Waals surface area (Å²) in [4.78, 5) is 16.6. The maximum absolute atomic E-state index is 12.7. The fraction of sp³-hybridized carbons (Fsp3) is 0.286. The van der Waals surface area contributed by atoms with Crippen LogP contribution in [0.15, 0.2) is 24.3 Å². The molecule has 116 valence electrons. The normalized spacial score (nSPS) is 14.9. The molecule has 22 heavy (non-hydrogen) atoms. The standard InChI is InChI=1S/C14H12F3N3OS/c15-14(16,17)8-3-1-2-7(6-8)10(21)11-12(18)20-13(22-11)19-9-4-5-9/h1-3,6,9H,4-5,18H2,(H,19,20). The molecule has 2 aromatic rings. The van der Waals surface area contributed by atoms with E-state index >= 15 is 0 Å². The van der Waals surface area contributed by atoms with Crippen molar-refractivity contribution in [1.82, 2.24) is 4.98 Å². The Balaban J connectivity index is 1.88. The third-order valence-electron chi connectivity index (χ3n) is 3.22. The zero-order chi connectivity index (χ0) is 15.9. The number of nitrogens with zero attached hydrogens (tertiary/aromatic N) is 1. The summed E-state index contributed by atoms with van der Waals surface area (Å²) in [5.74, 6) is -0.513. The molecular weight excluding hydrogens is 315 g/mol. The number of hydrogen-bond donors (Lipinski definition) is 2. The molecule has 1 saturated carbocycles. The fourth-order valence-corrected chi connectivity index (χ4v) is 2.85. The Morgan fingerprint density at radius 2 is 2.09 bits per heavy atom. The first-order valence-electron chi connectivity index (χ1n) is 6.59. The molecule has 1 aliphatic carbocycles. The third kappa shape index (κ3) is 3.06. The fourth-order valence-electron chi connectivity index (χ4n) is 1.93. The Morgan fingerprint density at radius 3 is 2.73 bits per heavy atom. The zero-order valence-electron chi connectivity index (χ0n) is 11.3. The first-order chi connectivity index (χ1) is 10.3. The molecule has 3 N–H and O–H groups in total. The Bertz CT molecular complexity index is 722. The molecule has 1 aromatic heterocycles. The van der Waals surface area contributed by atoms with Crippen molar-refractivity contribution in [1.29, 1.82) is 0 Å². The van der Waals surface area contributed by atoms with Crippen molar-refractivity contribution >= 4 is 28.1 Å². The number of carbonyl (C=O) groups is 1. The minimum absolute atomic E-state index is 0.0376. The Morgan fingerprint density at radius 1 is 1.36 bits per heavy atom. The summed E-state index contributed by atoms with van der Waals surface area (Å²) in [6.07, 6.45) is -2.42. The molecule has 8 heteroatoms. The molecule has 0 amide bonds. The van der Waals surface area contributed by atoms with Crippen molar-refractivity contribution in [3.8, 4) is 0 Å². The average Bonchev–Trinajstić information content (AvgIpc) is 3.19. The van der Waals surface area contributed by atoms with Gasteiger partial charge in [0.15, 0.2) is 5.13 Å². The van der Waals surface area contributed by atoms with Crippen molar-refractivity contribution in [3.05, 3.63) is 40.3 Å². The predicted octanol–water partition coefficient (Wildman–Crippen LogP) is 3.55. The van der Waals surface area contributed by atoms with Gasteiger partial charge in [0, 0.05) is 11.6 Å². The molecule has 0 saturated heterocycles. The van der Waals surface area contributed by atoms with Gasteiger partial charge in [-0.3, -0.25) is 4.79 Å². The van der Waals surface area contributed by atoms with E-state index in [-0.39, 0.29) is 16.3 Å². The van der Waals surface area contributed by atoms with Crippen LogP contribution in [0.3, 0.4) is 0 Å². The van der Waals surface area contributed by atoms with Gasteiger partial charge in [-0.25, -0.2) is 4.98 Å². The molecule has 0 unspecified atom stereocenters. The smallest absolute Gasteiger partial charge is 0.382 e. The van der Waals surface area contributed by atoms with Crippen molar-refractivity contribution in [3.63, 3.8) is 0 Å². The number of benzene rings is 1. The molecule has 1 fully saturated rings. The monoisotopic (exact) mass is 327 g/mol. The van der Waals surface area contributed by atoms with E-state index in [0.717, 1.165) is 36.3 Å². The lowest BCUT2D eigenvalue weighted by Crippen LogP contribution is -2.08. The van der Waals surface area contributed by atoms with E-state index in [1.165, 1.54) is 12.1 Å². The maximum Gasteiger partial charge on any atom is 0.416 e. The van der Waals surface area contributed by atoms with Crippen LogP contribution in [0.2, 0.25) is 0 Å². The second-order valence-electron chi connectivity index (χ2n) is 5.06. The van der Waals surface area contributed by atoms with E-state index < -0.39 is 17.5 Å². The number of hydrogen-bond acceptors (Lipinski definition) is 5. The van der Waals surface area contributed by atoms with Gasteiger partial charge < -0.3 is 11.1 Å². The van der Waals surface area contributed by atoms with Gasteiger partial charge in [0.05, 0.1) is 5.56 Å². The van der Waals surface area contributed by atoms with Gasteiger partial charge in [0.25, 0.3) is 0 Å². The van der Waals surface area contributed by atoms with Crippen molar-refractivity contribution in [2.45, 2.75) is 25.1 Å². The van der Waals surface area contributed by atoms with E-state index in [0.29, 0.717) is 11.2 Å². The summed E-state index contributed by atoms with van der Waals surface area (Å²) in [6.45, 7) is 0. The second kappa shape index (κ2) is 5.28. The summed E-state index contributed by atoms with van der Waals surface area (Å²) < 4.78 is 38.1. The van der Waals surface area contributed by atoms with Crippen molar-refractivity contribution < 1.29 is 18.0 Å². The van der Waals surface area contributed by atoms with Gasteiger partial charge in [-0.1, -0.05) is 23.5 Å². The van der Waals surface area contributed by atoms with Gasteiger partial charge in [0.2, 0.25) is 5.78 Å². The number of aromatic nitrogens is 1. The lowest BCUT2D eigenvalue weighted by molar-refractivity contribution is -0.137. The molecule has 1 heterocycles. The highest BCUT2D eigenvalue weighted by Gasteiger charge is 2.31. The lowest BCUT2D eigenvalue weighted by Gasteiger charge is -2.07. The summed E-state index contributed by atoms with van der Waals surface area (Å²) in [5, 5.41) is 3.64. The number of thiazole rings is 1. The molecule has 4 nitrogen and oxygen atoms in total.